The third-order valence-electron chi connectivity index (χ3n) is 3.77. The van der Waals surface area contributed by atoms with Gasteiger partial charge in [0.2, 0.25) is 0 Å². The summed E-state index contributed by atoms with van der Waals surface area (Å²) in [6.07, 6.45) is 1.39. The molecule has 1 heterocycles. The Kier molecular flexibility index (Phi) is 4.94. The van der Waals surface area contributed by atoms with Gasteiger partial charge in [0.25, 0.3) is 5.91 Å². The van der Waals surface area contributed by atoms with E-state index in [1.54, 1.807) is 36.4 Å². The van der Waals surface area contributed by atoms with Crippen LogP contribution in [-0.4, -0.2) is 23.2 Å². The van der Waals surface area contributed by atoms with Gasteiger partial charge in [0.05, 0.1) is 11.8 Å². The zero-order chi connectivity index (χ0) is 18.5. The van der Waals surface area contributed by atoms with E-state index in [1.807, 2.05) is 19.1 Å². The fraction of sp³-hybridized carbons (Fsp3) is 0.0500. The Hall–Kier alpha value is -3.67. The van der Waals surface area contributed by atoms with Crippen molar-refractivity contribution in [1.29, 1.82) is 0 Å². The maximum absolute atomic E-state index is 12.1. The number of hydrogen-bond acceptors (Lipinski definition) is 4. The zero-order valence-corrected chi connectivity index (χ0v) is 14.0. The van der Waals surface area contributed by atoms with E-state index in [1.165, 1.54) is 18.3 Å². The van der Waals surface area contributed by atoms with Crippen LogP contribution in [0.4, 0.5) is 0 Å². The molecule has 6 heteroatoms. The first-order valence-electron chi connectivity index (χ1n) is 7.87. The molecule has 3 rings (SSSR count). The summed E-state index contributed by atoms with van der Waals surface area (Å²) in [7, 11) is 0. The molecule has 0 bridgehead atoms. The number of carboxylic acids is 1. The number of hydrazone groups is 1. The lowest BCUT2D eigenvalue weighted by molar-refractivity contribution is 0.0696. The number of carboxylic acid groups (broad SMARTS) is 1. The van der Waals surface area contributed by atoms with Crippen molar-refractivity contribution in [3.05, 3.63) is 83.1 Å². The molecule has 0 saturated carbocycles. The van der Waals surface area contributed by atoms with Crippen LogP contribution in [0.25, 0.3) is 11.3 Å². The molecule has 0 aliphatic heterocycles. The van der Waals surface area contributed by atoms with E-state index in [-0.39, 0.29) is 11.5 Å². The van der Waals surface area contributed by atoms with Gasteiger partial charge >= 0.3 is 5.97 Å². The molecule has 0 atom stereocenters. The summed E-state index contributed by atoms with van der Waals surface area (Å²) >= 11 is 0. The number of carbonyl (C=O) groups is 2. The van der Waals surface area contributed by atoms with Crippen LogP contribution in [0.5, 0.6) is 0 Å². The minimum Gasteiger partial charge on any atom is -0.478 e. The lowest BCUT2D eigenvalue weighted by atomic mass is 10.1. The summed E-state index contributed by atoms with van der Waals surface area (Å²) in [5.41, 5.74) is 4.69. The van der Waals surface area contributed by atoms with Crippen molar-refractivity contribution >= 4 is 18.1 Å². The topological polar surface area (TPSA) is 91.9 Å². The molecule has 2 N–H and O–H groups in total. The van der Waals surface area contributed by atoms with Gasteiger partial charge in [0.1, 0.15) is 11.5 Å². The first-order chi connectivity index (χ1) is 12.5. The van der Waals surface area contributed by atoms with Crippen molar-refractivity contribution in [2.24, 2.45) is 5.10 Å². The fourth-order valence-electron chi connectivity index (χ4n) is 2.43. The summed E-state index contributed by atoms with van der Waals surface area (Å²) in [5.74, 6) is -0.356. The normalized spacial score (nSPS) is 10.8. The molecular formula is C20H16N2O4. The average Bonchev–Trinajstić information content (AvgIpc) is 3.11. The Labute approximate surface area is 149 Å². The summed E-state index contributed by atoms with van der Waals surface area (Å²) in [4.78, 5) is 23.1. The van der Waals surface area contributed by atoms with Crippen molar-refractivity contribution in [1.82, 2.24) is 5.43 Å². The number of carbonyl (C=O) groups excluding carboxylic acids is 1. The zero-order valence-electron chi connectivity index (χ0n) is 14.0. The second kappa shape index (κ2) is 7.48. The number of amides is 1. The maximum atomic E-state index is 12.1. The quantitative estimate of drug-likeness (QED) is 0.543. The molecule has 1 aromatic heterocycles. The van der Waals surface area contributed by atoms with Gasteiger partial charge in [-0.15, -0.1) is 0 Å². The van der Waals surface area contributed by atoms with E-state index >= 15 is 0 Å². The molecule has 2 aromatic carbocycles. The van der Waals surface area contributed by atoms with E-state index in [4.69, 9.17) is 9.52 Å². The molecule has 0 fully saturated rings. The van der Waals surface area contributed by atoms with Gasteiger partial charge in [-0.25, -0.2) is 10.2 Å². The van der Waals surface area contributed by atoms with Gasteiger partial charge in [-0.2, -0.15) is 5.10 Å². The highest BCUT2D eigenvalue weighted by atomic mass is 16.4. The highest BCUT2D eigenvalue weighted by Crippen LogP contribution is 2.22. The Morgan fingerprint density at radius 2 is 1.88 bits per heavy atom. The van der Waals surface area contributed by atoms with E-state index < -0.39 is 5.97 Å². The molecule has 3 aromatic rings. The first-order valence-corrected chi connectivity index (χ1v) is 7.87. The van der Waals surface area contributed by atoms with Gasteiger partial charge in [-0.3, -0.25) is 4.79 Å². The molecule has 0 radical (unpaired) electrons. The molecule has 0 aliphatic carbocycles. The summed E-state index contributed by atoms with van der Waals surface area (Å²) in [6.45, 7) is 1.85. The van der Waals surface area contributed by atoms with Crippen LogP contribution >= 0.6 is 0 Å². The number of nitrogens with one attached hydrogen (secondary N) is 1. The lowest BCUT2D eigenvalue weighted by Gasteiger charge is -2.02. The number of furan rings is 1. The van der Waals surface area contributed by atoms with Crippen molar-refractivity contribution in [2.75, 3.05) is 0 Å². The summed E-state index contributed by atoms with van der Waals surface area (Å²) in [5, 5.41) is 13.0. The van der Waals surface area contributed by atoms with Crippen LogP contribution in [0.2, 0.25) is 0 Å². The van der Waals surface area contributed by atoms with Gasteiger partial charge in [0.15, 0.2) is 0 Å². The van der Waals surface area contributed by atoms with Crippen molar-refractivity contribution in [3.8, 4) is 11.3 Å². The lowest BCUT2D eigenvalue weighted by Crippen LogP contribution is -2.18. The highest BCUT2D eigenvalue weighted by Gasteiger charge is 2.09. The van der Waals surface area contributed by atoms with Crippen molar-refractivity contribution in [3.63, 3.8) is 0 Å². The fourth-order valence-corrected chi connectivity index (χ4v) is 2.43. The summed E-state index contributed by atoms with van der Waals surface area (Å²) in [6, 6.07) is 17.1. The van der Waals surface area contributed by atoms with Crippen LogP contribution in [-0.2, 0) is 0 Å². The molecule has 0 unspecified atom stereocenters. The Morgan fingerprint density at radius 3 is 2.65 bits per heavy atom. The molecule has 1 amide bonds. The number of aromatic carboxylic acids is 1. The molecule has 0 aliphatic rings. The van der Waals surface area contributed by atoms with Crippen LogP contribution in [0.1, 0.15) is 32.0 Å². The largest absolute Gasteiger partial charge is 0.478 e. The van der Waals surface area contributed by atoms with Crippen molar-refractivity contribution < 1.29 is 19.1 Å². The second-order valence-corrected chi connectivity index (χ2v) is 5.60. The predicted molar refractivity (Wildman–Crippen MR) is 97.3 cm³/mol. The van der Waals surface area contributed by atoms with Crippen molar-refractivity contribution in [2.45, 2.75) is 6.92 Å². The van der Waals surface area contributed by atoms with Gasteiger partial charge in [-0.1, -0.05) is 30.3 Å². The van der Waals surface area contributed by atoms with E-state index in [2.05, 4.69) is 10.5 Å². The number of aryl methyl sites for hydroxylation is 1. The SMILES string of the molecule is Cc1ccccc1C(=O)N/N=C\c1ccc(-c2cccc(C(=O)O)c2)o1. The van der Waals surface area contributed by atoms with Crippen LogP contribution in [0.15, 0.2) is 70.2 Å². The summed E-state index contributed by atoms with van der Waals surface area (Å²) < 4.78 is 5.62. The van der Waals surface area contributed by atoms with Crippen LogP contribution in [0.3, 0.4) is 0 Å². The number of benzene rings is 2. The Balaban J connectivity index is 1.70. The predicted octanol–water partition coefficient (Wildman–Crippen LogP) is 3.72. The third-order valence-corrected chi connectivity index (χ3v) is 3.77. The molecule has 0 spiro atoms. The monoisotopic (exact) mass is 348 g/mol. The van der Waals surface area contributed by atoms with E-state index in [0.29, 0.717) is 22.6 Å². The number of nitrogens with zero attached hydrogens (tertiary/aromatic N) is 1. The highest BCUT2D eigenvalue weighted by molar-refractivity contribution is 5.96. The molecular weight excluding hydrogens is 332 g/mol. The molecule has 26 heavy (non-hydrogen) atoms. The standard InChI is InChI=1S/C20H16N2O4/c1-13-5-2-3-8-17(13)19(23)22-21-12-16-9-10-18(26-16)14-6-4-7-15(11-14)20(24)25/h2-12H,1H3,(H,22,23)(H,24,25)/b21-12-. The van der Waals surface area contributed by atoms with Crippen LogP contribution < -0.4 is 5.43 Å². The first kappa shape index (κ1) is 17.2. The average molecular weight is 348 g/mol. The minimum atomic E-state index is -1.00. The van der Waals surface area contributed by atoms with Gasteiger partial charge in [0, 0.05) is 11.1 Å². The Morgan fingerprint density at radius 1 is 1.08 bits per heavy atom. The maximum Gasteiger partial charge on any atom is 0.335 e. The second-order valence-electron chi connectivity index (χ2n) is 5.60. The minimum absolute atomic E-state index is 0.180. The molecule has 0 saturated heterocycles. The van der Waals surface area contributed by atoms with E-state index in [9.17, 15) is 9.59 Å². The van der Waals surface area contributed by atoms with Gasteiger partial charge < -0.3 is 9.52 Å². The molecule has 6 nitrogen and oxygen atoms in total. The third kappa shape index (κ3) is 3.87. The number of hydrogen-bond donors (Lipinski definition) is 2. The van der Waals surface area contributed by atoms with E-state index in [0.717, 1.165) is 5.56 Å². The van der Waals surface area contributed by atoms with Crippen LogP contribution in [0, 0.1) is 6.92 Å². The number of rotatable bonds is 5. The smallest absolute Gasteiger partial charge is 0.335 e. The Bertz CT molecular complexity index is 989. The van der Waals surface area contributed by atoms with Gasteiger partial charge in [-0.05, 0) is 42.8 Å². The molecule has 130 valence electrons.